The van der Waals surface area contributed by atoms with Crippen molar-refractivity contribution >= 4 is 22.9 Å². The summed E-state index contributed by atoms with van der Waals surface area (Å²) in [6.07, 6.45) is 1.17. The van der Waals surface area contributed by atoms with Crippen LogP contribution in [0.2, 0.25) is 0 Å². The van der Waals surface area contributed by atoms with E-state index in [1.54, 1.807) is 11.3 Å². The Morgan fingerprint density at radius 1 is 0.879 bits per heavy atom. The zero-order chi connectivity index (χ0) is 22.4. The van der Waals surface area contributed by atoms with Crippen LogP contribution in [0.4, 0.5) is 5.82 Å². The molecule has 164 valence electrons. The van der Waals surface area contributed by atoms with Gasteiger partial charge in [-0.25, -0.2) is 0 Å². The van der Waals surface area contributed by atoms with Gasteiger partial charge in [0.2, 0.25) is 0 Å². The smallest absolute Gasteiger partial charge is 0.270 e. The molecule has 2 aromatic carbocycles. The number of Topliss-reactive ketones (excluding diaryl/α,β-unsaturated/α-hetero) is 1. The molecule has 0 saturated heterocycles. The molecule has 0 amide bonds. The highest BCUT2D eigenvalue weighted by Crippen LogP contribution is 2.47. The summed E-state index contributed by atoms with van der Waals surface area (Å²) in [6.45, 7) is 0. The Kier molecular flexibility index (Phi) is 4.77. The molecule has 6 nitrogen and oxygen atoms in total. The summed E-state index contributed by atoms with van der Waals surface area (Å²) in [5, 5.41) is 11.0. The highest BCUT2D eigenvalue weighted by molar-refractivity contribution is 7.10. The Morgan fingerprint density at radius 2 is 1.73 bits per heavy atom. The van der Waals surface area contributed by atoms with Gasteiger partial charge in [-0.2, -0.15) is 0 Å². The van der Waals surface area contributed by atoms with Gasteiger partial charge < -0.3 is 10.1 Å². The second kappa shape index (κ2) is 7.94. The number of carbonyl (C=O) groups excluding carboxylic acids is 1. The Hall–Kier alpha value is -3.84. The standard InChI is InChI=1S/C26H21N3O3S/c30-20-14-16(21-10-5-11-33-21)13-19-23(20)22(24-25(27-19)28-29-26(24)31)15-6-4-9-18(12-15)32-17-7-2-1-3-8-17/h1-12,16,22H,13-14H2,(H3,27,28,29,31). The van der Waals surface area contributed by atoms with Crippen molar-refractivity contribution in [3.63, 3.8) is 0 Å². The fourth-order valence-electron chi connectivity index (χ4n) is 4.86. The van der Waals surface area contributed by atoms with Crippen molar-refractivity contribution < 1.29 is 9.53 Å². The van der Waals surface area contributed by atoms with Gasteiger partial charge in [0.05, 0.1) is 5.56 Å². The number of carbonyl (C=O) groups is 1. The number of hydrogen-bond acceptors (Lipinski definition) is 5. The minimum absolute atomic E-state index is 0.0766. The van der Waals surface area contributed by atoms with Crippen LogP contribution in [0.3, 0.4) is 0 Å². The molecule has 0 radical (unpaired) electrons. The molecule has 1 aliphatic carbocycles. The Bertz CT molecular complexity index is 1420. The first-order valence-corrected chi connectivity index (χ1v) is 11.8. The maximum atomic E-state index is 13.5. The highest BCUT2D eigenvalue weighted by atomic mass is 32.1. The number of rotatable bonds is 4. The molecule has 6 rings (SSSR count). The van der Waals surface area contributed by atoms with Crippen molar-refractivity contribution in [3.05, 3.63) is 110 Å². The number of thiophene rings is 1. The van der Waals surface area contributed by atoms with Crippen LogP contribution in [0, 0.1) is 0 Å². The number of aromatic nitrogens is 2. The van der Waals surface area contributed by atoms with E-state index in [9.17, 15) is 9.59 Å². The largest absolute Gasteiger partial charge is 0.457 e. The summed E-state index contributed by atoms with van der Waals surface area (Å²) in [5.41, 5.74) is 2.72. The van der Waals surface area contributed by atoms with Gasteiger partial charge in [0.25, 0.3) is 5.56 Å². The van der Waals surface area contributed by atoms with Gasteiger partial charge in [-0.3, -0.25) is 19.8 Å². The molecule has 7 heteroatoms. The number of nitrogens with one attached hydrogen (secondary N) is 3. The number of aromatic amines is 2. The lowest BCUT2D eigenvalue weighted by atomic mass is 9.74. The topological polar surface area (TPSA) is 87.0 Å². The van der Waals surface area contributed by atoms with Gasteiger partial charge in [-0.1, -0.05) is 36.4 Å². The summed E-state index contributed by atoms with van der Waals surface area (Å²) in [7, 11) is 0. The minimum atomic E-state index is -0.456. The number of benzene rings is 2. The monoisotopic (exact) mass is 455 g/mol. The third-order valence-electron chi connectivity index (χ3n) is 6.29. The highest BCUT2D eigenvalue weighted by Gasteiger charge is 2.40. The number of anilines is 1. The minimum Gasteiger partial charge on any atom is -0.457 e. The molecule has 33 heavy (non-hydrogen) atoms. The van der Waals surface area contributed by atoms with E-state index in [2.05, 4.69) is 21.6 Å². The van der Waals surface area contributed by atoms with Crippen LogP contribution in [0.5, 0.6) is 11.5 Å². The summed E-state index contributed by atoms with van der Waals surface area (Å²) >= 11 is 1.68. The van der Waals surface area contributed by atoms with Crippen LogP contribution in [-0.2, 0) is 4.79 Å². The molecule has 2 aromatic heterocycles. The molecule has 0 bridgehead atoms. The lowest BCUT2D eigenvalue weighted by molar-refractivity contribution is -0.116. The second-order valence-corrected chi connectivity index (χ2v) is 9.33. The molecular weight excluding hydrogens is 434 g/mol. The van der Waals surface area contributed by atoms with Crippen molar-refractivity contribution in [2.75, 3.05) is 5.32 Å². The summed E-state index contributed by atoms with van der Waals surface area (Å²) in [6, 6.07) is 21.3. The van der Waals surface area contributed by atoms with Crippen LogP contribution < -0.4 is 15.6 Å². The number of fused-ring (bicyclic) bond motifs is 1. The number of allylic oxidation sites excluding steroid dienone is 2. The SMILES string of the molecule is O=C1CC(c2cccs2)CC2=C1C(c1cccc(Oc3ccccc3)c1)c1c([nH][nH]c1=O)N2. The number of ketones is 1. The van der Waals surface area contributed by atoms with Crippen molar-refractivity contribution in [2.24, 2.45) is 0 Å². The molecule has 0 fully saturated rings. The third-order valence-corrected chi connectivity index (χ3v) is 7.33. The van der Waals surface area contributed by atoms with Crippen LogP contribution >= 0.6 is 11.3 Å². The molecule has 1 aliphatic heterocycles. The lowest BCUT2D eigenvalue weighted by Gasteiger charge is -2.34. The van der Waals surface area contributed by atoms with Gasteiger partial charge in [0.1, 0.15) is 17.3 Å². The average Bonchev–Trinajstić information content (AvgIpc) is 3.49. The maximum absolute atomic E-state index is 13.5. The normalized spacial score (nSPS) is 19.6. The summed E-state index contributed by atoms with van der Waals surface area (Å²) in [5.74, 6) is 1.78. The van der Waals surface area contributed by atoms with E-state index in [0.29, 0.717) is 29.1 Å². The van der Waals surface area contributed by atoms with E-state index >= 15 is 0 Å². The van der Waals surface area contributed by atoms with Gasteiger partial charge in [0, 0.05) is 34.4 Å². The first-order valence-electron chi connectivity index (χ1n) is 10.9. The lowest BCUT2D eigenvalue weighted by Crippen LogP contribution is -2.31. The van der Waals surface area contributed by atoms with Crippen LogP contribution in [0.25, 0.3) is 0 Å². The van der Waals surface area contributed by atoms with Crippen molar-refractivity contribution in [3.8, 4) is 11.5 Å². The zero-order valence-corrected chi connectivity index (χ0v) is 18.4. The number of ether oxygens (including phenoxy) is 1. The average molecular weight is 456 g/mol. The number of hydrogen-bond donors (Lipinski definition) is 3. The molecule has 2 unspecified atom stereocenters. The van der Waals surface area contributed by atoms with Crippen molar-refractivity contribution in [1.29, 1.82) is 0 Å². The van der Waals surface area contributed by atoms with Crippen LogP contribution in [0.1, 0.15) is 40.7 Å². The molecule has 0 saturated carbocycles. The van der Waals surface area contributed by atoms with Gasteiger partial charge >= 0.3 is 0 Å². The fraction of sp³-hybridized carbons (Fsp3) is 0.154. The Labute approximate surface area is 193 Å². The maximum Gasteiger partial charge on any atom is 0.270 e. The second-order valence-electron chi connectivity index (χ2n) is 8.35. The molecule has 3 N–H and O–H groups in total. The predicted octanol–water partition coefficient (Wildman–Crippen LogP) is 5.52. The van der Waals surface area contributed by atoms with Crippen LogP contribution in [0.15, 0.2) is 88.2 Å². The van der Waals surface area contributed by atoms with Gasteiger partial charge in [-0.05, 0) is 47.7 Å². The van der Waals surface area contributed by atoms with Crippen LogP contribution in [-0.4, -0.2) is 16.0 Å². The van der Waals surface area contributed by atoms with Gasteiger partial charge in [0.15, 0.2) is 5.78 Å². The molecule has 2 atom stereocenters. The van der Waals surface area contributed by atoms with E-state index in [1.165, 1.54) is 4.88 Å². The van der Waals surface area contributed by atoms with Gasteiger partial charge in [-0.15, -0.1) is 11.3 Å². The Balaban J connectivity index is 1.43. The van der Waals surface area contributed by atoms with E-state index in [0.717, 1.165) is 23.4 Å². The summed E-state index contributed by atoms with van der Waals surface area (Å²) < 4.78 is 6.03. The zero-order valence-electron chi connectivity index (χ0n) is 17.6. The molecule has 3 heterocycles. The molecular formula is C26H21N3O3S. The van der Waals surface area contributed by atoms with E-state index in [-0.39, 0.29) is 17.3 Å². The number of H-pyrrole nitrogens is 2. The first-order chi connectivity index (χ1) is 16.2. The molecule has 0 spiro atoms. The number of para-hydroxylation sites is 1. The van der Waals surface area contributed by atoms with E-state index < -0.39 is 5.92 Å². The predicted molar refractivity (Wildman–Crippen MR) is 128 cm³/mol. The quantitative estimate of drug-likeness (QED) is 0.378. The third kappa shape index (κ3) is 3.50. The van der Waals surface area contributed by atoms with Crippen molar-refractivity contribution in [2.45, 2.75) is 24.7 Å². The molecule has 4 aromatic rings. The summed E-state index contributed by atoms with van der Waals surface area (Å²) in [4.78, 5) is 27.5. The van der Waals surface area contributed by atoms with Crippen molar-refractivity contribution in [1.82, 2.24) is 10.2 Å². The fourth-order valence-corrected chi connectivity index (χ4v) is 5.69. The Morgan fingerprint density at radius 3 is 2.55 bits per heavy atom. The van der Waals surface area contributed by atoms with E-state index in [4.69, 9.17) is 4.74 Å². The molecule has 2 aliphatic rings. The first kappa shape index (κ1) is 19.8. The van der Waals surface area contributed by atoms with E-state index in [1.807, 2.05) is 66.0 Å².